The van der Waals surface area contributed by atoms with Gasteiger partial charge in [0.2, 0.25) is 0 Å². The van der Waals surface area contributed by atoms with E-state index in [0.29, 0.717) is 0 Å². The second-order valence-electron chi connectivity index (χ2n) is 5.23. The van der Waals surface area contributed by atoms with Gasteiger partial charge < -0.3 is 10.2 Å². The summed E-state index contributed by atoms with van der Waals surface area (Å²) in [5.41, 5.74) is 0. The molecular formula is C12H25N3. The van der Waals surface area contributed by atoms with Crippen LogP contribution in [0.5, 0.6) is 0 Å². The lowest BCUT2D eigenvalue weighted by molar-refractivity contribution is 0.202. The molecule has 15 heavy (non-hydrogen) atoms. The highest BCUT2D eigenvalue weighted by molar-refractivity contribution is 4.82. The van der Waals surface area contributed by atoms with Crippen LogP contribution in [-0.2, 0) is 0 Å². The molecule has 1 heterocycles. The molecule has 3 heteroatoms. The molecule has 2 rings (SSSR count). The van der Waals surface area contributed by atoms with Gasteiger partial charge in [0.25, 0.3) is 0 Å². The monoisotopic (exact) mass is 211 g/mol. The predicted octanol–water partition coefficient (Wildman–Crippen LogP) is 0.764. The molecule has 0 bridgehead atoms. The van der Waals surface area contributed by atoms with Gasteiger partial charge in [-0.1, -0.05) is 0 Å². The molecule has 0 aromatic carbocycles. The molecule has 2 fully saturated rings. The molecule has 1 aliphatic heterocycles. The topological polar surface area (TPSA) is 18.5 Å². The average molecular weight is 211 g/mol. The normalized spacial score (nSPS) is 30.4. The van der Waals surface area contributed by atoms with Crippen molar-refractivity contribution in [2.24, 2.45) is 0 Å². The van der Waals surface area contributed by atoms with E-state index in [9.17, 15) is 0 Å². The zero-order chi connectivity index (χ0) is 10.7. The van der Waals surface area contributed by atoms with Crippen LogP contribution in [0, 0.1) is 0 Å². The maximum absolute atomic E-state index is 3.60. The summed E-state index contributed by atoms with van der Waals surface area (Å²) in [5.74, 6) is 0. The maximum Gasteiger partial charge on any atom is 0.0195 e. The van der Waals surface area contributed by atoms with Crippen LogP contribution in [0.15, 0.2) is 0 Å². The summed E-state index contributed by atoms with van der Waals surface area (Å²) in [4.78, 5) is 5.10. The summed E-state index contributed by atoms with van der Waals surface area (Å²) < 4.78 is 0. The first-order valence-electron chi connectivity index (χ1n) is 6.41. The summed E-state index contributed by atoms with van der Waals surface area (Å²) in [6, 6.07) is 1.58. The molecule has 1 unspecified atom stereocenters. The van der Waals surface area contributed by atoms with Crippen LogP contribution in [0.3, 0.4) is 0 Å². The fourth-order valence-corrected chi connectivity index (χ4v) is 2.45. The predicted molar refractivity (Wildman–Crippen MR) is 64.2 cm³/mol. The molecule has 1 aliphatic carbocycles. The van der Waals surface area contributed by atoms with Crippen molar-refractivity contribution < 1.29 is 0 Å². The van der Waals surface area contributed by atoms with E-state index < -0.39 is 0 Å². The van der Waals surface area contributed by atoms with Crippen molar-refractivity contribution in [1.29, 1.82) is 0 Å². The quantitative estimate of drug-likeness (QED) is 0.741. The van der Waals surface area contributed by atoms with Crippen molar-refractivity contribution in [2.45, 2.75) is 38.3 Å². The fraction of sp³-hybridized carbons (Fsp3) is 1.00. The summed E-state index contributed by atoms with van der Waals surface area (Å²) >= 11 is 0. The third kappa shape index (κ3) is 3.74. The molecule has 1 N–H and O–H groups in total. The van der Waals surface area contributed by atoms with E-state index in [4.69, 9.17) is 0 Å². The lowest BCUT2D eigenvalue weighted by atomic mass is 10.2. The van der Waals surface area contributed by atoms with E-state index in [1.54, 1.807) is 0 Å². The second-order valence-corrected chi connectivity index (χ2v) is 5.23. The van der Waals surface area contributed by atoms with Crippen molar-refractivity contribution >= 4 is 0 Å². The van der Waals surface area contributed by atoms with Crippen molar-refractivity contribution in [3.63, 3.8) is 0 Å². The van der Waals surface area contributed by atoms with Crippen LogP contribution in [0.2, 0.25) is 0 Å². The summed E-state index contributed by atoms with van der Waals surface area (Å²) in [6.07, 6.45) is 4.13. The van der Waals surface area contributed by atoms with E-state index >= 15 is 0 Å². The molecule has 0 spiro atoms. The Kier molecular flexibility index (Phi) is 4.00. The Morgan fingerprint density at radius 2 is 2.07 bits per heavy atom. The minimum atomic E-state index is 0.721. The van der Waals surface area contributed by atoms with Gasteiger partial charge in [-0.2, -0.15) is 0 Å². The van der Waals surface area contributed by atoms with Crippen LogP contribution in [0.1, 0.15) is 26.2 Å². The first-order valence-corrected chi connectivity index (χ1v) is 6.41. The van der Waals surface area contributed by atoms with E-state index in [2.05, 4.69) is 29.1 Å². The molecule has 1 atom stereocenters. The second kappa shape index (κ2) is 5.28. The average Bonchev–Trinajstić information content (AvgIpc) is 2.98. The van der Waals surface area contributed by atoms with Crippen LogP contribution >= 0.6 is 0 Å². The molecule has 0 aromatic heterocycles. The Labute approximate surface area is 93.8 Å². The number of likely N-dealkylation sites (N-methyl/N-ethyl adjacent to an activating group) is 1. The summed E-state index contributed by atoms with van der Waals surface area (Å²) in [5, 5.41) is 3.60. The fourth-order valence-electron chi connectivity index (χ4n) is 2.45. The van der Waals surface area contributed by atoms with Crippen LogP contribution in [0.4, 0.5) is 0 Å². The van der Waals surface area contributed by atoms with Gasteiger partial charge in [0.1, 0.15) is 0 Å². The highest BCUT2D eigenvalue weighted by Crippen LogP contribution is 2.18. The van der Waals surface area contributed by atoms with E-state index in [0.717, 1.165) is 12.1 Å². The standard InChI is InChI=1S/C12H25N3/c1-11-10-14(2)7-3-8-15(11)9-6-13-12-4-5-12/h11-13H,3-10H2,1-2H3. The highest BCUT2D eigenvalue weighted by Gasteiger charge is 2.22. The molecule has 1 saturated carbocycles. The summed E-state index contributed by atoms with van der Waals surface area (Å²) in [7, 11) is 2.24. The Hall–Kier alpha value is -0.120. The molecule has 88 valence electrons. The van der Waals surface area contributed by atoms with Crippen molar-refractivity contribution in [2.75, 3.05) is 39.8 Å². The Balaban J connectivity index is 1.68. The van der Waals surface area contributed by atoms with Crippen molar-refractivity contribution in [1.82, 2.24) is 15.1 Å². The van der Waals surface area contributed by atoms with E-state index in [-0.39, 0.29) is 0 Å². The minimum absolute atomic E-state index is 0.721. The summed E-state index contributed by atoms with van der Waals surface area (Å²) in [6.45, 7) is 8.53. The van der Waals surface area contributed by atoms with E-state index in [1.807, 2.05) is 0 Å². The molecule has 1 saturated heterocycles. The lowest BCUT2D eigenvalue weighted by Gasteiger charge is -2.27. The number of nitrogens with zero attached hydrogens (tertiary/aromatic N) is 2. The zero-order valence-corrected chi connectivity index (χ0v) is 10.2. The number of nitrogens with one attached hydrogen (secondary N) is 1. The largest absolute Gasteiger partial charge is 0.313 e. The lowest BCUT2D eigenvalue weighted by Crippen LogP contribution is -2.41. The minimum Gasteiger partial charge on any atom is -0.313 e. The number of rotatable bonds is 4. The van der Waals surface area contributed by atoms with Gasteiger partial charge in [-0.05, 0) is 46.3 Å². The van der Waals surface area contributed by atoms with Gasteiger partial charge in [-0.25, -0.2) is 0 Å². The van der Waals surface area contributed by atoms with Crippen LogP contribution in [-0.4, -0.2) is 61.7 Å². The molecule has 2 aliphatic rings. The number of hydrogen-bond donors (Lipinski definition) is 1. The first-order chi connectivity index (χ1) is 7.25. The molecule has 0 radical (unpaired) electrons. The first kappa shape index (κ1) is 11.4. The molecule has 3 nitrogen and oxygen atoms in total. The Bertz CT molecular complexity index is 191. The van der Waals surface area contributed by atoms with Gasteiger partial charge >= 0.3 is 0 Å². The SMILES string of the molecule is CC1CN(C)CCCN1CCNC1CC1. The maximum atomic E-state index is 3.60. The van der Waals surface area contributed by atoms with Gasteiger partial charge in [0, 0.05) is 31.7 Å². The third-order valence-electron chi connectivity index (χ3n) is 3.59. The van der Waals surface area contributed by atoms with Crippen molar-refractivity contribution in [3.05, 3.63) is 0 Å². The molecule has 0 amide bonds. The molecular weight excluding hydrogens is 186 g/mol. The van der Waals surface area contributed by atoms with Crippen LogP contribution in [0.25, 0.3) is 0 Å². The zero-order valence-electron chi connectivity index (χ0n) is 10.2. The van der Waals surface area contributed by atoms with Gasteiger partial charge in [0.15, 0.2) is 0 Å². The Morgan fingerprint density at radius 1 is 1.27 bits per heavy atom. The third-order valence-corrected chi connectivity index (χ3v) is 3.59. The van der Waals surface area contributed by atoms with Gasteiger partial charge in [0.05, 0.1) is 0 Å². The van der Waals surface area contributed by atoms with Crippen molar-refractivity contribution in [3.8, 4) is 0 Å². The highest BCUT2D eigenvalue weighted by atomic mass is 15.2. The Morgan fingerprint density at radius 3 is 2.80 bits per heavy atom. The van der Waals surface area contributed by atoms with Gasteiger partial charge in [-0.3, -0.25) is 4.90 Å². The molecule has 0 aromatic rings. The number of hydrogen-bond acceptors (Lipinski definition) is 3. The van der Waals surface area contributed by atoms with Gasteiger partial charge in [-0.15, -0.1) is 0 Å². The van der Waals surface area contributed by atoms with Crippen LogP contribution < -0.4 is 5.32 Å². The smallest absolute Gasteiger partial charge is 0.0195 e. The van der Waals surface area contributed by atoms with E-state index in [1.165, 1.54) is 52.0 Å².